The maximum Gasteiger partial charge on any atom is 0.336 e. The van der Waals surface area contributed by atoms with Crippen molar-refractivity contribution in [2.24, 2.45) is 0 Å². The normalized spacial score (nSPS) is 10.2. The quantitative estimate of drug-likeness (QED) is 0.271. The number of aromatic carboxylic acids is 4. The topological polar surface area (TPSA) is 207 Å². The smallest absolute Gasteiger partial charge is 0.336 e. The average molecular weight is 492 g/mol. The van der Waals surface area contributed by atoms with Gasteiger partial charge in [-0.3, -0.25) is 9.59 Å². The summed E-state index contributed by atoms with van der Waals surface area (Å²) in [6.45, 7) is 0. The summed E-state index contributed by atoms with van der Waals surface area (Å²) in [4.78, 5) is 71.6. The molecule has 0 aliphatic carbocycles. The Bertz CT molecular complexity index is 1340. The first-order valence-corrected chi connectivity index (χ1v) is 9.92. The van der Waals surface area contributed by atoms with Gasteiger partial charge in [-0.25, -0.2) is 19.2 Å². The molecule has 0 saturated carbocycles. The molecule has 12 heteroatoms. The predicted molar refractivity (Wildman–Crippen MR) is 123 cm³/mol. The van der Waals surface area contributed by atoms with Crippen LogP contribution in [0.3, 0.4) is 0 Å². The summed E-state index contributed by atoms with van der Waals surface area (Å²) >= 11 is 0. The zero-order chi connectivity index (χ0) is 26.6. The lowest BCUT2D eigenvalue weighted by molar-refractivity contribution is 0.0678. The van der Waals surface area contributed by atoms with Crippen molar-refractivity contribution in [3.8, 4) is 0 Å². The zero-order valence-electron chi connectivity index (χ0n) is 18.0. The van der Waals surface area contributed by atoms with Crippen LogP contribution in [0.4, 0.5) is 11.4 Å². The van der Waals surface area contributed by atoms with Gasteiger partial charge in [-0.05, 0) is 48.5 Å². The Kier molecular flexibility index (Phi) is 7.10. The van der Waals surface area contributed by atoms with E-state index < -0.39 is 57.9 Å². The second-order valence-electron chi connectivity index (χ2n) is 7.23. The van der Waals surface area contributed by atoms with Crippen molar-refractivity contribution in [2.75, 3.05) is 10.6 Å². The average Bonchev–Trinajstić information content (AvgIpc) is 2.83. The first-order valence-electron chi connectivity index (χ1n) is 9.92. The number of rotatable bonds is 8. The summed E-state index contributed by atoms with van der Waals surface area (Å²) in [5.41, 5.74) is -2.87. The Morgan fingerprint density at radius 2 is 0.833 bits per heavy atom. The number of hydrogen-bond donors (Lipinski definition) is 6. The molecule has 6 N–H and O–H groups in total. The van der Waals surface area contributed by atoms with E-state index >= 15 is 0 Å². The van der Waals surface area contributed by atoms with Gasteiger partial charge in [0.1, 0.15) is 0 Å². The van der Waals surface area contributed by atoms with E-state index in [-0.39, 0.29) is 22.5 Å². The maximum absolute atomic E-state index is 12.9. The van der Waals surface area contributed by atoms with Crippen molar-refractivity contribution in [3.05, 3.63) is 94.0 Å². The molecule has 3 aromatic carbocycles. The van der Waals surface area contributed by atoms with Crippen LogP contribution in [0.5, 0.6) is 0 Å². The van der Waals surface area contributed by atoms with Gasteiger partial charge in [0.05, 0.1) is 33.4 Å². The fraction of sp³-hybridized carbons (Fsp3) is 0. The van der Waals surface area contributed by atoms with E-state index in [2.05, 4.69) is 10.6 Å². The number of carboxylic acid groups (broad SMARTS) is 4. The Hall–Kier alpha value is -5.52. The van der Waals surface area contributed by atoms with Gasteiger partial charge in [0.25, 0.3) is 11.8 Å². The van der Waals surface area contributed by atoms with Gasteiger partial charge < -0.3 is 31.1 Å². The molecule has 3 aromatic rings. The lowest BCUT2D eigenvalue weighted by Gasteiger charge is -2.13. The molecular formula is C24H16N2O10. The fourth-order valence-electron chi connectivity index (χ4n) is 3.19. The molecule has 0 bridgehead atoms. The van der Waals surface area contributed by atoms with Crippen molar-refractivity contribution in [1.29, 1.82) is 0 Å². The summed E-state index contributed by atoms with van der Waals surface area (Å²) in [6, 6.07) is 11.6. The highest BCUT2D eigenvalue weighted by atomic mass is 16.4. The molecule has 0 aliphatic heterocycles. The number of carbonyl (C=O) groups is 6. The summed E-state index contributed by atoms with van der Waals surface area (Å²) in [6.07, 6.45) is 0. The van der Waals surface area contributed by atoms with Crippen LogP contribution in [0.15, 0.2) is 60.7 Å². The molecule has 182 valence electrons. The molecular weight excluding hydrogens is 476 g/mol. The van der Waals surface area contributed by atoms with Crippen LogP contribution in [-0.2, 0) is 0 Å². The largest absolute Gasteiger partial charge is 0.478 e. The van der Waals surface area contributed by atoms with Gasteiger partial charge in [-0.1, -0.05) is 12.1 Å². The van der Waals surface area contributed by atoms with E-state index in [9.17, 15) is 39.0 Å². The van der Waals surface area contributed by atoms with Gasteiger partial charge in [-0.15, -0.1) is 0 Å². The second-order valence-corrected chi connectivity index (χ2v) is 7.23. The van der Waals surface area contributed by atoms with E-state index in [4.69, 9.17) is 10.2 Å². The number of amides is 2. The molecule has 0 aliphatic rings. The minimum atomic E-state index is -1.65. The van der Waals surface area contributed by atoms with Crippen molar-refractivity contribution in [2.45, 2.75) is 0 Å². The van der Waals surface area contributed by atoms with Crippen LogP contribution in [-0.4, -0.2) is 56.1 Å². The molecule has 0 aromatic heterocycles. The Morgan fingerprint density at radius 3 is 1.17 bits per heavy atom. The molecule has 0 heterocycles. The summed E-state index contributed by atoms with van der Waals surface area (Å²) < 4.78 is 0. The van der Waals surface area contributed by atoms with Gasteiger partial charge in [0.2, 0.25) is 0 Å². The number of carbonyl (C=O) groups excluding carboxylic acids is 2. The van der Waals surface area contributed by atoms with E-state index in [0.717, 1.165) is 18.2 Å². The van der Waals surface area contributed by atoms with E-state index in [0.29, 0.717) is 6.07 Å². The first kappa shape index (κ1) is 25.1. The standard InChI is InChI=1S/C24H16N2O10/c27-19(25-13-5-1-3-11(7-13)21(29)30)15-9-16(18(24(35)36)10-17(15)23(33)34)20(28)26-14-6-2-4-12(8-14)22(31)32/h1-10H,(H,25,27)(H,26,28)(H,29,30)(H,31,32)(H,33,34)(H,35,36). The highest BCUT2D eigenvalue weighted by Crippen LogP contribution is 2.22. The third kappa shape index (κ3) is 5.51. The lowest BCUT2D eigenvalue weighted by atomic mass is 9.96. The number of benzene rings is 3. The summed E-state index contributed by atoms with van der Waals surface area (Å²) in [7, 11) is 0. The Balaban J connectivity index is 2.05. The highest BCUT2D eigenvalue weighted by Gasteiger charge is 2.26. The number of anilines is 2. The molecule has 0 fully saturated rings. The van der Waals surface area contributed by atoms with Crippen LogP contribution < -0.4 is 10.6 Å². The lowest BCUT2D eigenvalue weighted by Crippen LogP contribution is -2.22. The first-order chi connectivity index (χ1) is 17.0. The monoisotopic (exact) mass is 492 g/mol. The van der Waals surface area contributed by atoms with Crippen LogP contribution in [0.25, 0.3) is 0 Å². The molecule has 0 saturated heterocycles. The SMILES string of the molecule is O=C(O)c1cccc(NC(=O)c2cc(C(=O)Nc3cccc(C(=O)O)c3)c(C(=O)O)cc2C(=O)O)c1. The molecule has 36 heavy (non-hydrogen) atoms. The zero-order valence-corrected chi connectivity index (χ0v) is 18.0. The van der Waals surface area contributed by atoms with Crippen LogP contribution in [0, 0.1) is 0 Å². The van der Waals surface area contributed by atoms with Gasteiger partial charge in [0, 0.05) is 11.4 Å². The molecule has 0 spiro atoms. The molecule has 0 radical (unpaired) electrons. The second kappa shape index (κ2) is 10.2. The van der Waals surface area contributed by atoms with Gasteiger partial charge >= 0.3 is 23.9 Å². The van der Waals surface area contributed by atoms with Crippen molar-refractivity contribution in [1.82, 2.24) is 0 Å². The summed E-state index contributed by atoms with van der Waals surface area (Å²) in [5, 5.41) is 41.9. The van der Waals surface area contributed by atoms with Gasteiger partial charge in [-0.2, -0.15) is 0 Å². The molecule has 12 nitrogen and oxygen atoms in total. The van der Waals surface area contributed by atoms with Crippen molar-refractivity contribution >= 4 is 47.1 Å². The van der Waals surface area contributed by atoms with Crippen LogP contribution in [0.1, 0.15) is 62.1 Å². The molecule has 2 amide bonds. The Morgan fingerprint density at radius 1 is 0.472 bits per heavy atom. The van der Waals surface area contributed by atoms with Gasteiger partial charge in [0.15, 0.2) is 0 Å². The third-order valence-corrected chi connectivity index (χ3v) is 4.84. The Labute approximate surface area is 201 Å². The molecule has 0 unspecified atom stereocenters. The fourth-order valence-corrected chi connectivity index (χ4v) is 3.19. The summed E-state index contributed by atoms with van der Waals surface area (Å²) in [5.74, 6) is -7.93. The number of nitrogens with one attached hydrogen (secondary N) is 2. The third-order valence-electron chi connectivity index (χ3n) is 4.84. The van der Waals surface area contributed by atoms with Crippen molar-refractivity contribution in [3.63, 3.8) is 0 Å². The van der Waals surface area contributed by atoms with E-state index in [1.807, 2.05) is 0 Å². The van der Waals surface area contributed by atoms with Crippen LogP contribution >= 0.6 is 0 Å². The minimum Gasteiger partial charge on any atom is -0.478 e. The predicted octanol–water partition coefficient (Wildman–Crippen LogP) is 2.98. The molecule has 0 atom stereocenters. The maximum atomic E-state index is 12.9. The van der Waals surface area contributed by atoms with Crippen molar-refractivity contribution < 1.29 is 49.2 Å². The molecule has 3 rings (SSSR count). The number of hydrogen-bond acceptors (Lipinski definition) is 6. The highest BCUT2D eigenvalue weighted by molar-refractivity contribution is 6.17. The van der Waals surface area contributed by atoms with E-state index in [1.165, 1.54) is 36.4 Å². The number of carboxylic acids is 4. The van der Waals surface area contributed by atoms with Crippen LogP contribution in [0.2, 0.25) is 0 Å². The minimum absolute atomic E-state index is 0.00929. The van der Waals surface area contributed by atoms with E-state index in [1.54, 1.807) is 0 Å².